The van der Waals surface area contributed by atoms with Crippen molar-refractivity contribution in [2.45, 2.75) is 58.0 Å². The number of aliphatic hydroxyl groups excluding tert-OH is 1. The van der Waals surface area contributed by atoms with E-state index in [4.69, 9.17) is 9.84 Å². The number of rotatable bonds is 13. The van der Waals surface area contributed by atoms with Gasteiger partial charge in [-0.2, -0.15) is 0 Å². The van der Waals surface area contributed by atoms with Crippen LogP contribution in [0.2, 0.25) is 0 Å². The van der Waals surface area contributed by atoms with Crippen molar-refractivity contribution < 1.29 is 29.6 Å². The van der Waals surface area contributed by atoms with Crippen molar-refractivity contribution in [2.75, 3.05) is 6.61 Å². The standard InChI is InChI=1S/C24H30O6/c1-2-3-4-5-6-7-13-30-21-12-11-18(15-20(21)16-22(25)26)23(27)17-9-8-10-19(14-17)24(28)29/h8-12,14-15,23,27H,2-7,13,16H2,1H3,(H,25,26)(H,28,29). The zero-order valence-corrected chi connectivity index (χ0v) is 17.3. The fraction of sp³-hybridized carbons (Fsp3) is 0.417. The molecule has 162 valence electrons. The fourth-order valence-electron chi connectivity index (χ4n) is 3.31. The van der Waals surface area contributed by atoms with Crippen LogP contribution < -0.4 is 4.74 Å². The van der Waals surface area contributed by atoms with Crippen molar-refractivity contribution in [2.24, 2.45) is 0 Å². The third-order valence-corrected chi connectivity index (χ3v) is 4.95. The Labute approximate surface area is 177 Å². The lowest BCUT2D eigenvalue weighted by Crippen LogP contribution is -2.08. The maximum absolute atomic E-state index is 11.3. The highest BCUT2D eigenvalue weighted by molar-refractivity contribution is 5.87. The van der Waals surface area contributed by atoms with Crippen LogP contribution in [-0.4, -0.2) is 33.9 Å². The zero-order chi connectivity index (χ0) is 21.9. The van der Waals surface area contributed by atoms with Crippen LogP contribution in [-0.2, 0) is 11.2 Å². The minimum atomic E-state index is -1.07. The number of hydrogen-bond donors (Lipinski definition) is 3. The first-order valence-electron chi connectivity index (χ1n) is 10.4. The summed E-state index contributed by atoms with van der Waals surface area (Å²) in [5.74, 6) is -1.56. The quantitative estimate of drug-likeness (QED) is 0.406. The summed E-state index contributed by atoms with van der Waals surface area (Å²) in [6, 6.07) is 11.0. The SMILES string of the molecule is CCCCCCCCOc1ccc(C(O)c2cccc(C(=O)O)c2)cc1CC(=O)O. The van der Waals surface area contributed by atoms with Crippen molar-refractivity contribution in [3.05, 3.63) is 64.7 Å². The molecule has 0 radical (unpaired) electrons. The number of unbranched alkanes of at least 4 members (excludes halogenated alkanes) is 5. The van der Waals surface area contributed by atoms with E-state index in [0.29, 0.717) is 29.0 Å². The number of hydrogen-bond acceptors (Lipinski definition) is 4. The predicted molar refractivity (Wildman–Crippen MR) is 114 cm³/mol. The van der Waals surface area contributed by atoms with Crippen LogP contribution in [0.4, 0.5) is 0 Å². The lowest BCUT2D eigenvalue weighted by molar-refractivity contribution is -0.136. The molecule has 0 saturated heterocycles. The van der Waals surface area contributed by atoms with Crippen LogP contribution in [0.15, 0.2) is 42.5 Å². The Kier molecular flexibility index (Phi) is 9.35. The van der Waals surface area contributed by atoms with Crippen LogP contribution in [0.25, 0.3) is 0 Å². The van der Waals surface area contributed by atoms with Crippen molar-refractivity contribution >= 4 is 11.9 Å². The van der Waals surface area contributed by atoms with Gasteiger partial charge in [-0.3, -0.25) is 4.79 Å². The number of carbonyl (C=O) groups is 2. The molecule has 0 spiro atoms. The molecule has 0 amide bonds. The first-order chi connectivity index (χ1) is 14.4. The molecule has 0 aromatic heterocycles. The van der Waals surface area contributed by atoms with E-state index in [0.717, 1.165) is 12.8 Å². The molecule has 0 aliphatic carbocycles. The molecular formula is C24H30O6. The molecule has 0 aliphatic heterocycles. The van der Waals surface area contributed by atoms with Crippen LogP contribution in [0.3, 0.4) is 0 Å². The second-order valence-electron chi connectivity index (χ2n) is 7.39. The second-order valence-corrected chi connectivity index (χ2v) is 7.39. The van der Waals surface area contributed by atoms with E-state index in [2.05, 4.69) is 6.92 Å². The Bertz CT molecular complexity index is 845. The van der Waals surface area contributed by atoms with E-state index in [1.54, 1.807) is 30.3 Å². The highest BCUT2D eigenvalue weighted by Crippen LogP contribution is 2.28. The normalized spacial score (nSPS) is 11.8. The molecule has 0 aliphatic rings. The Balaban J connectivity index is 2.10. The molecule has 1 atom stereocenters. The van der Waals surface area contributed by atoms with Crippen LogP contribution in [0, 0.1) is 0 Å². The molecule has 6 nitrogen and oxygen atoms in total. The topological polar surface area (TPSA) is 104 Å². The zero-order valence-electron chi connectivity index (χ0n) is 17.3. The number of ether oxygens (including phenoxy) is 1. The molecule has 0 heterocycles. The molecule has 2 aromatic rings. The smallest absolute Gasteiger partial charge is 0.335 e. The summed E-state index contributed by atoms with van der Waals surface area (Å²) in [6.07, 6.45) is 5.52. The average molecular weight is 414 g/mol. The summed E-state index contributed by atoms with van der Waals surface area (Å²) in [5.41, 5.74) is 1.48. The molecular weight excluding hydrogens is 384 g/mol. The third kappa shape index (κ3) is 7.19. The minimum absolute atomic E-state index is 0.0798. The highest BCUT2D eigenvalue weighted by atomic mass is 16.5. The van der Waals surface area contributed by atoms with E-state index in [1.165, 1.54) is 37.8 Å². The van der Waals surface area contributed by atoms with Gasteiger partial charge in [-0.05, 0) is 41.8 Å². The van der Waals surface area contributed by atoms with Gasteiger partial charge in [0.2, 0.25) is 0 Å². The van der Waals surface area contributed by atoms with Gasteiger partial charge >= 0.3 is 11.9 Å². The Hall–Kier alpha value is -2.86. The Morgan fingerprint density at radius 1 is 0.933 bits per heavy atom. The fourth-order valence-corrected chi connectivity index (χ4v) is 3.31. The van der Waals surface area contributed by atoms with Gasteiger partial charge < -0.3 is 20.1 Å². The van der Waals surface area contributed by atoms with Crippen molar-refractivity contribution in [1.82, 2.24) is 0 Å². The summed E-state index contributed by atoms with van der Waals surface area (Å²) in [4.78, 5) is 22.5. The van der Waals surface area contributed by atoms with Gasteiger partial charge in [0.15, 0.2) is 0 Å². The van der Waals surface area contributed by atoms with E-state index in [9.17, 15) is 19.8 Å². The number of aliphatic carboxylic acids is 1. The van der Waals surface area contributed by atoms with Gasteiger partial charge in [-0.1, -0.05) is 57.2 Å². The van der Waals surface area contributed by atoms with Crippen molar-refractivity contribution in [3.63, 3.8) is 0 Å². The van der Waals surface area contributed by atoms with E-state index >= 15 is 0 Å². The van der Waals surface area contributed by atoms with Crippen LogP contribution in [0.5, 0.6) is 5.75 Å². The first-order valence-corrected chi connectivity index (χ1v) is 10.4. The molecule has 2 rings (SSSR count). The van der Waals surface area contributed by atoms with Gasteiger partial charge in [0.25, 0.3) is 0 Å². The summed E-state index contributed by atoms with van der Waals surface area (Å²) in [6.45, 7) is 2.69. The summed E-state index contributed by atoms with van der Waals surface area (Å²) in [5, 5.41) is 29.1. The average Bonchev–Trinajstić information content (AvgIpc) is 2.73. The Morgan fingerprint density at radius 2 is 1.63 bits per heavy atom. The van der Waals surface area contributed by atoms with Crippen LogP contribution in [0.1, 0.15) is 78.6 Å². The van der Waals surface area contributed by atoms with Crippen molar-refractivity contribution in [3.8, 4) is 5.75 Å². The highest BCUT2D eigenvalue weighted by Gasteiger charge is 2.16. The van der Waals surface area contributed by atoms with Gasteiger partial charge in [-0.25, -0.2) is 4.79 Å². The van der Waals surface area contributed by atoms with Gasteiger partial charge in [0.1, 0.15) is 11.9 Å². The summed E-state index contributed by atoms with van der Waals surface area (Å²) in [7, 11) is 0. The molecule has 2 aromatic carbocycles. The number of carboxylic acids is 2. The molecule has 6 heteroatoms. The van der Waals surface area contributed by atoms with Gasteiger partial charge in [-0.15, -0.1) is 0 Å². The van der Waals surface area contributed by atoms with E-state index in [1.807, 2.05) is 0 Å². The molecule has 30 heavy (non-hydrogen) atoms. The number of carboxylic acid groups (broad SMARTS) is 2. The largest absolute Gasteiger partial charge is 0.493 e. The van der Waals surface area contributed by atoms with Gasteiger partial charge in [0, 0.05) is 5.56 Å². The van der Waals surface area contributed by atoms with E-state index < -0.39 is 18.0 Å². The van der Waals surface area contributed by atoms with E-state index in [-0.39, 0.29) is 12.0 Å². The number of benzene rings is 2. The summed E-state index contributed by atoms with van der Waals surface area (Å²) < 4.78 is 5.81. The maximum atomic E-state index is 11.3. The molecule has 0 fully saturated rings. The lowest BCUT2D eigenvalue weighted by atomic mass is 9.97. The molecule has 3 N–H and O–H groups in total. The lowest BCUT2D eigenvalue weighted by Gasteiger charge is -2.16. The van der Waals surface area contributed by atoms with Crippen molar-refractivity contribution in [1.29, 1.82) is 0 Å². The molecule has 1 unspecified atom stereocenters. The first kappa shape index (κ1) is 23.4. The number of aromatic carboxylic acids is 1. The molecule has 0 saturated carbocycles. The summed E-state index contributed by atoms with van der Waals surface area (Å²) >= 11 is 0. The monoisotopic (exact) mass is 414 g/mol. The maximum Gasteiger partial charge on any atom is 0.335 e. The molecule has 0 bridgehead atoms. The minimum Gasteiger partial charge on any atom is -0.493 e. The number of aliphatic hydroxyl groups is 1. The predicted octanol–water partition coefficient (Wildman–Crippen LogP) is 4.83. The third-order valence-electron chi connectivity index (χ3n) is 4.95. The van der Waals surface area contributed by atoms with Crippen LogP contribution >= 0.6 is 0 Å². The Morgan fingerprint density at radius 3 is 2.33 bits per heavy atom. The second kappa shape index (κ2) is 12.0. The van der Waals surface area contributed by atoms with Gasteiger partial charge in [0.05, 0.1) is 18.6 Å².